The molecule has 0 bridgehead atoms. The van der Waals surface area contributed by atoms with Crippen molar-refractivity contribution < 1.29 is 18.3 Å². The molecule has 0 saturated carbocycles. The number of carbonyl (C=O) groups is 1. The maximum atomic E-state index is 11.4. The van der Waals surface area contributed by atoms with Crippen LogP contribution in [-0.4, -0.2) is 43.2 Å². The van der Waals surface area contributed by atoms with Gasteiger partial charge in [0.2, 0.25) is 0 Å². The first kappa shape index (κ1) is 16.7. The highest BCUT2D eigenvalue weighted by molar-refractivity contribution is 7.90. The molecule has 0 saturated heterocycles. The number of sulfone groups is 1. The zero-order valence-corrected chi connectivity index (χ0v) is 13.0. The van der Waals surface area contributed by atoms with E-state index in [1.165, 1.54) is 0 Å². The Balaban J connectivity index is 3.01. The zero-order chi connectivity index (χ0) is 15.5. The molecule has 1 aromatic rings. The number of benzene rings is 1. The fourth-order valence-electron chi connectivity index (χ4n) is 2.11. The van der Waals surface area contributed by atoms with Gasteiger partial charge >= 0.3 is 5.97 Å². The van der Waals surface area contributed by atoms with E-state index in [1.807, 2.05) is 25.7 Å². The highest BCUT2D eigenvalue weighted by Gasteiger charge is 2.21. The number of rotatable bonds is 6. The average Bonchev–Trinajstić information content (AvgIpc) is 2.33. The summed E-state index contributed by atoms with van der Waals surface area (Å²) in [6, 6.07) is 6.56. The van der Waals surface area contributed by atoms with Crippen molar-refractivity contribution in [1.82, 2.24) is 4.90 Å². The van der Waals surface area contributed by atoms with E-state index in [-0.39, 0.29) is 23.5 Å². The van der Waals surface area contributed by atoms with Crippen molar-refractivity contribution >= 4 is 15.8 Å². The van der Waals surface area contributed by atoms with Crippen LogP contribution in [0, 0.1) is 0 Å². The summed E-state index contributed by atoms with van der Waals surface area (Å²) in [5.74, 6) is -0.877. The number of nitrogens with zero attached hydrogens (tertiary/aromatic N) is 1. The average molecular weight is 299 g/mol. The lowest BCUT2D eigenvalue weighted by Crippen LogP contribution is -2.37. The molecule has 0 spiro atoms. The van der Waals surface area contributed by atoms with Crippen molar-refractivity contribution in [2.24, 2.45) is 0 Å². The summed E-state index contributed by atoms with van der Waals surface area (Å²) in [6.45, 7) is 5.74. The van der Waals surface area contributed by atoms with Crippen LogP contribution in [0.3, 0.4) is 0 Å². The number of hydrogen-bond donors (Lipinski definition) is 1. The second-order valence-electron chi connectivity index (χ2n) is 5.18. The molecule has 112 valence electrons. The maximum absolute atomic E-state index is 11.4. The van der Waals surface area contributed by atoms with E-state index in [2.05, 4.69) is 0 Å². The quantitative estimate of drug-likeness (QED) is 0.869. The van der Waals surface area contributed by atoms with Gasteiger partial charge in [0.25, 0.3) is 0 Å². The summed E-state index contributed by atoms with van der Waals surface area (Å²) >= 11 is 0. The molecule has 1 unspecified atom stereocenters. The first-order valence-electron chi connectivity index (χ1n) is 6.40. The number of aliphatic carboxylic acids is 1. The molecule has 20 heavy (non-hydrogen) atoms. The minimum atomic E-state index is -3.21. The Kier molecular flexibility index (Phi) is 5.30. The smallest absolute Gasteiger partial charge is 0.317 e. The van der Waals surface area contributed by atoms with Gasteiger partial charge in [0.15, 0.2) is 9.84 Å². The lowest BCUT2D eigenvalue weighted by molar-refractivity contribution is -0.139. The molecule has 0 aliphatic heterocycles. The summed E-state index contributed by atoms with van der Waals surface area (Å²) in [6.07, 6.45) is 1.16. The van der Waals surface area contributed by atoms with E-state index in [9.17, 15) is 13.2 Å². The SMILES string of the molecule is CC(C)N(CC(=O)O)C(C)c1ccc(S(C)(=O)=O)cc1. The molecule has 1 N–H and O–H groups in total. The molecule has 0 amide bonds. The fraction of sp³-hybridized carbons (Fsp3) is 0.500. The number of carboxylic acid groups (broad SMARTS) is 1. The zero-order valence-electron chi connectivity index (χ0n) is 12.2. The molecule has 0 aliphatic carbocycles. The summed E-state index contributed by atoms with van der Waals surface area (Å²) in [5.41, 5.74) is 0.896. The van der Waals surface area contributed by atoms with E-state index >= 15 is 0 Å². The molecule has 0 fully saturated rings. The molecule has 0 radical (unpaired) electrons. The van der Waals surface area contributed by atoms with Crippen LogP contribution in [0.2, 0.25) is 0 Å². The highest BCUT2D eigenvalue weighted by atomic mass is 32.2. The maximum Gasteiger partial charge on any atom is 0.317 e. The van der Waals surface area contributed by atoms with E-state index in [4.69, 9.17) is 5.11 Å². The largest absolute Gasteiger partial charge is 0.480 e. The van der Waals surface area contributed by atoms with Crippen LogP contribution < -0.4 is 0 Å². The van der Waals surface area contributed by atoms with E-state index in [1.54, 1.807) is 24.3 Å². The predicted molar refractivity (Wildman–Crippen MR) is 77.4 cm³/mol. The number of carboxylic acids is 1. The lowest BCUT2D eigenvalue weighted by atomic mass is 10.1. The van der Waals surface area contributed by atoms with Crippen LogP contribution in [0.4, 0.5) is 0 Å². The Morgan fingerprint density at radius 3 is 2.05 bits per heavy atom. The van der Waals surface area contributed by atoms with Crippen molar-refractivity contribution in [2.75, 3.05) is 12.8 Å². The van der Waals surface area contributed by atoms with Gasteiger partial charge in [-0.05, 0) is 38.5 Å². The van der Waals surface area contributed by atoms with Crippen LogP contribution in [0.1, 0.15) is 32.4 Å². The van der Waals surface area contributed by atoms with Gasteiger partial charge in [-0.1, -0.05) is 12.1 Å². The topological polar surface area (TPSA) is 74.7 Å². The summed E-state index contributed by atoms with van der Waals surface area (Å²) in [5, 5.41) is 8.96. The molecule has 0 aromatic heterocycles. The molecule has 0 heterocycles. The third-order valence-electron chi connectivity index (χ3n) is 3.27. The second-order valence-corrected chi connectivity index (χ2v) is 7.19. The first-order chi connectivity index (χ1) is 9.12. The monoisotopic (exact) mass is 299 g/mol. The molecule has 6 heteroatoms. The molecular weight excluding hydrogens is 278 g/mol. The van der Waals surface area contributed by atoms with Crippen molar-refractivity contribution in [2.45, 2.75) is 37.8 Å². The third-order valence-corrected chi connectivity index (χ3v) is 4.40. The van der Waals surface area contributed by atoms with E-state index in [0.29, 0.717) is 0 Å². The number of hydrogen-bond acceptors (Lipinski definition) is 4. The third kappa shape index (κ3) is 4.31. The molecule has 1 aromatic carbocycles. The van der Waals surface area contributed by atoms with Crippen molar-refractivity contribution in [1.29, 1.82) is 0 Å². The van der Waals surface area contributed by atoms with Gasteiger partial charge in [-0.2, -0.15) is 0 Å². The molecular formula is C14H21NO4S. The van der Waals surface area contributed by atoms with Gasteiger partial charge in [-0.25, -0.2) is 8.42 Å². The van der Waals surface area contributed by atoms with Crippen LogP contribution in [0.5, 0.6) is 0 Å². The van der Waals surface area contributed by atoms with Crippen molar-refractivity contribution in [3.8, 4) is 0 Å². The van der Waals surface area contributed by atoms with Gasteiger partial charge in [0.1, 0.15) is 0 Å². The van der Waals surface area contributed by atoms with Crippen LogP contribution >= 0.6 is 0 Å². The van der Waals surface area contributed by atoms with Crippen molar-refractivity contribution in [3.63, 3.8) is 0 Å². The van der Waals surface area contributed by atoms with E-state index < -0.39 is 15.8 Å². The molecule has 1 rings (SSSR count). The van der Waals surface area contributed by atoms with Gasteiger partial charge in [0, 0.05) is 18.3 Å². The Bertz CT molecular complexity index is 563. The van der Waals surface area contributed by atoms with Crippen molar-refractivity contribution in [3.05, 3.63) is 29.8 Å². The second kappa shape index (κ2) is 6.37. The molecule has 0 aliphatic rings. The minimum Gasteiger partial charge on any atom is -0.480 e. The Labute approximate surface area is 120 Å². The van der Waals surface area contributed by atoms with Gasteiger partial charge in [-0.15, -0.1) is 0 Å². The fourth-order valence-corrected chi connectivity index (χ4v) is 2.74. The van der Waals surface area contributed by atoms with Gasteiger partial charge in [0.05, 0.1) is 11.4 Å². The predicted octanol–water partition coefficient (Wildman–Crippen LogP) is 1.95. The minimum absolute atomic E-state index is 0.0489. The van der Waals surface area contributed by atoms with Crippen LogP contribution in [0.15, 0.2) is 29.2 Å². The van der Waals surface area contributed by atoms with E-state index in [0.717, 1.165) is 11.8 Å². The standard InChI is InChI=1S/C14H21NO4S/c1-10(2)15(9-14(16)17)11(3)12-5-7-13(8-6-12)20(4,18)19/h5-8,10-11H,9H2,1-4H3,(H,16,17). The lowest BCUT2D eigenvalue weighted by Gasteiger charge is -2.31. The molecule has 5 nitrogen and oxygen atoms in total. The summed E-state index contributed by atoms with van der Waals surface area (Å²) in [7, 11) is -3.21. The van der Waals surface area contributed by atoms with Gasteiger partial charge < -0.3 is 5.11 Å². The van der Waals surface area contributed by atoms with Gasteiger partial charge in [-0.3, -0.25) is 9.69 Å². The van der Waals surface area contributed by atoms with Crippen LogP contribution in [0.25, 0.3) is 0 Å². The summed E-state index contributed by atoms with van der Waals surface area (Å²) in [4.78, 5) is 13.0. The Morgan fingerprint density at radius 1 is 1.20 bits per heavy atom. The molecule has 1 atom stereocenters. The Morgan fingerprint density at radius 2 is 1.70 bits per heavy atom. The summed E-state index contributed by atoms with van der Waals surface area (Å²) < 4.78 is 22.8. The highest BCUT2D eigenvalue weighted by Crippen LogP contribution is 2.23. The Hall–Kier alpha value is -1.40. The van der Waals surface area contributed by atoms with Crippen LogP contribution in [-0.2, 0) is 14.6 Å². The first-order valence-corrected chi connectivity index (χ1v) is 8.29. The normalized spacial score (nSPS) is 13.7.